The number of ketones is 1. The van der Waals surface area contributed by atoms with Crippen LogP contribution in [0.15, 0.2) is 17.0 Å². The summed E-state index contributed by atoms with van der Waals surface area (Å²) in [6.45, 7) is 2.57. The van der Waals surface area contributed by atoms with Crippen LogP contribution in [0.1, 0.15) is 32.7 Å². The van der Waals surface area contributed by atoms with Crippen molar-refractivity contribution in [3.63, 3.8) is 0 Å². The van der Waals surface area contributed by atoms with Crippen molar-refractivity contribution in [3.05, 3.63) is 40.1 Å². The van der Waals surface area contributed by atoms with Gasteiger partial charge in [-0.1, -0.05) is 6.07 Å². The van der Waals surface area contributed by atoms with Gasteiger partial charge >= 0.3 is 6.18 Å². The highest BCUT2D eigenvalue weighted by atomic mass is 32.2. The predicted molar refractivity (Wildman–Crippen MR) is 82.3 cm³/mol. The second-order valence-electron chi connectivity index (χ2n) is 5.62. The van der Waals surface area contributed by atoms with E-state index in [0.29, 0.717) is 12.3 Å². The van der Waals surface area contributed by atoms with Gasteiger partial charge in [0.05, 0.1) is 16.2 Å². The van der Waals surface area contributed by atoms with Gasteiger partial charge in [-0.3, -0.25) is 4.79 Å². The summed E-state index contributed by atoms with van der Waals surface area (Å²) in [4.78, 5) is 11.7. The number of aryl methyl sites for hydroxylation is 2. The van der Waals surface area contributed by atoms with E-state index in [4.69, 9.17) is 0 Å². The number of sulfone groups is 1. The Hall–Kier alpha value is -2.36. The van der Waals surface area contributed by atoms with Crippen molar-refractivity contribution < 1.29 is 31.5 Å². The average molecular weight is 376 g/mol. The number of aromatic nitrogens is 2. The lowest BCUT2D eigenvalue weighted by molar-refractivity contribution is -0.139. The number of rotatable bonds is 3. The average Bonchev–Trinajstić information content (AvgIpc) is 2.68. The Kier molecular flexibility index (Phi) is 4.45. The molecule has 0 radical (unpaired) electrons. The smallest absolute Gasteiger partial charge is 0.417 e. The Bertz CT molecular complexity index is 976. The molecule has 136 valence electrons. The predicted octanol–water partition coefficient (Wildman–Crippen LogP) is 2.40. The minimum atomic E-state index is -4.89. The van der Waals surface area contributed by atoms with Crippen LogP contribution in [0.2, 0.25) is 0 Å². The van der Waals surface area contributed by atoms with Gasteiger partial charge in [-0.15, -0.1) is 0 Å². The van der Waals surface area contributed by atoms with Crippen LogP contribution in [0.4, 0.5) is 13.2 Å². The van der Waals surface area contributed by atoms with Crippen molar-refractivity contribution in [2.45, 2.75) is 24.9 Å². The van der Waals surface area contributed by atoms with Crippen LogP contribution in [-0.2, 0) is 23.1 Å². The summed E-state index contributed by atoms with van der Waals surface area (Å²) in [6, 6.07) is 1.46. The number of hydrogen-bond donors (Lipinski definition) is 1. The first kappa shape index (κ1) is 19.0. The first-order valence-corrected chi connectivity index (χ1v) is 8.84. The Morgan fingerprint density at radius 2 is 1.80 bits per heavy atom. The highest BCUT2D eigenvalue weighted by molar-refractivity contribution is 7.90. The van der Waals surface area contributed by atoms with Crippen molar-refractivity contribution in [2.75, 3.05) is 6.26 Å². The van der Waals surface area contributed by atoms with E-state index in [2.05, 4.69) is 5.10 Å². The third kappa shape index (κ3) is 3.26. The maximum absolute atomic E-state index is 13.1. The highest BCUT2D eigenvalue weighted by Crippen LogP contribution is 2.37. The van der Waals surface area contributed by atoms with Gasteiger partial charge in [0.15, 0.2) is 9.84 Å². The van der Waals surface area contributed by atoms with Crippen molar-refractivity contribution in [1.29, 1.82) is 0 Å². The molecule has 0 aliphatic heterocycles. The zero-order valence-corrected chi connectivity index (χ0v) is 14.6. The summed E-state index contributed by atoms with van der Waals surface area (Å²) in [5.41, 5.74) is -1.93. The van der Waals surface area contributed by atoms with E-state index in [0.717, 1.165) is 17.7 Å². The van der Waals surface area contributed by atoms with Gasteiger partial charge < -0.3 is 5.11 Å². The van der Waals surface area contributed by atoms with Crippen LogP contribution in [-0.4, -0.2) is 35.3 Å². The lowest BCUT2D eigenvalue weighted by Gasteiger charge is -2.16. The molecular weight excluding hydrogens is 361 g/mol. The lowest BCUT2D eigenvalue weighted by Crippen LogP contribution is -2.17. The van der Waals surface area contributed by atoms with E-state index in [1.807, 2.05) is 0 Å². The quantitative estimate of drug-likeness (QED) is 0.831. The zero-order valence-electron chi connectivity index (χ0n) is 13.8. The van der Waals surface area contributed by atoms with Crippen LogP contribution in [0.25, 0.3) is 0 Å². The van der Waals surface area contributed by atoms with Crippen LogP contribution < -0.4 is 0 Å². The third-order valence-electron chi connectivity index (χ3n) is 3.75. The van der Waals surface area contributed by atoms with Gasteiger partial charge in [-0.25, -0.2) is 13.1 Å². The first-order chi connectivity index (χ1) is 11.3. The van der Waals surface area contributed by atoms with E-state index in [1.54, 1.807) is 0 Å². The molecule has 0 saturated heterocycles. The zero-order chi connectivity index (χ0) is 19.3. The molecule has 0 aliphatic carbocycles. The van der Waals surface area contributed by atoms with Crippen molar-refractivity contribution in [1.82, 2.24) is 9.78 Å². The van der Waals surface area contributed by atoms with Gasteiger partial charge in [0.2, 0.25) is 11.7 Å². The van der Waals surface area contributed by atoms with Crippen LogP contribution in [0.5, 0.6) is 5.88 Å². The molecule has 0 fully saturated rings. The minimum absolute atomic E-state index is 0.171. The molecule has 0 aliphatic rings. The summed E-state index contributed by atoms with van der Waals surface area (Å²) < 4.78 is 64.3. The van der Waals surface area contributed by atoms with Gasteiger partial charge in [0.25, 0.3) is 0 Å². The minimum Gasteiger partial charge on any atom is -0.493 e. The largest absolute Gasteiger partial charge is 0.493 e. The topological polar surface area (TPSA) is 89.3 Å². The molecule has 10 heteroatoms. The molecule has 0 unspecified atom stereocenters. The molecule has 0 atom stereocenters. The van der Waals surface area contributed by atoms with Crippen LogP contribution >= 0.6 is 0 Å². The fourth-order valence-electron chi connectivity index (χ4n) is 2.69. The fraction of sp³-hybridized carbons (Fsp3) is 0.333. The number of aromatic hydroxyl groups is 1. The number of nitrogens with zero attached hydrogens (tertiary/aromatic N) is 2. The van der Waals surface area contributed by atoms with Gasteiger partial charge in [0.1, 0.15) is 5.56 Å². The van der Waals surface area contributed by atoms with Crippen molar-refractivity contribution in [3.8, 4) is 5.88 Å². The number of hydrogen-bond acceptors (Lipinski definition) is 5. The molecule has 1 aromatic carbocycles. The molecule has 0 bridgehead atoms. The number of halogens is 3. The second kappa shape index (κ2) is 5.87. The number of carbonyl (C=O) groups excluding carboxylic acids is 1. The standard InChI is InChI=1S/C15H15F3N2O4S/c1-7-9(12(21)11-8(2)19-20(3)14(11)22)5-6-10(15(16,17)18)13(7)25(4,23)24/h5-6,22H,1-4H3. The Morgan fingerprint density at radius 3 is 2.20 bits per heavy atom. The molecule has 25 heavy (non-hydrogen) atoms. The van der Waals surface area contributed by atoms with E-state index in [1.165, 1.54) is 14.0 Å². The fourth-order valence-corrected chi connectivity index (χ4v) is 3.93. The lowest BCUT2D eigenvalue weighted by atomic mass is 9.97. The summed E-state index contributed by atoms with van der Waals surface area (Å²) in [6.07, 6.45) is -4.25. The normalized spacial score (nSPS) is 12.4. The van der Waals surface area contributed by atoms with Gasteiger partial charge in [-0.05, 0) is 25.5 Å². The summed E-state index contributed by atoms with van der Waals surface area (Å²) >= 11 is 0. The molecule has 1 aromatic heterocycles. The number of carbonyl (C=O) groups is 1. The van der Waals surface area contributed by atoms with Gasteiger partial charge in [0, 0.05) is 18.9 Å². The Morgan fingerprint density at radius 1 is 1.24 bits per heavy atom. The molecule has 0 spiro atoms. The summed E-state index contributed by atoms with van der Waals surface area (Å²) in [5.74, 6) is -1.26. The number of benzene rings is 1. The molecule has 6 nitrogen and oxygen atoms in total. The monoisotopic (exact) mass is 376 g/mol. The van der Waals surface area contributed by atoms with E-state index in [-0.39, 0.29) is 22.4 Å². The molecule has 1 N–H and O–H groups in total. The van der Waals surface area contributed by atoms with E-state index in [9.17, 15) is 31.5 Å². The third-order valence-corrected chi connectivity index (χ3v) is 5.01. The Labute approximate surface area is 141 Å². The molecule has 1 heterocycles. The summed E-state index contributed by atoms with van der Waals surface area (Å²) in [5, 5.41) is 13.8. The molecule has 2 rings (SSSR count). The Balaban J connectivity index is 2.79. The molecular formula is C15H15F3N2O4S. The maximum atomic E-state index is 13.1. The van der Waals surface area contributed by atoms with E-state index >= 15 is 0 Å². The molecule has 0 amide bonds. The van der Waals surface area contributed by atoms with Crippen molar-refractivity contribution >= 4 is 15.6 Å². The van der Waals surface area contributed by atoms with Crippen LogP contribution in [0, 0.1) is 13.8 Å². The molecule has 2 aromatic rings. The highest BCUT2D eigenvalue weighted by Gasteiger charge is 2.38. The van der Waals surface area contributed by atoms with Gasteiger partial charge in [-0.2, -0.15) is 18.3 Å². The van der Waals surface area contributed by atoms with E-state index < -0.39 is 38.1 Å². The maximum Gasteiger partial charge on any atom is 0.417 e. The van der Waals surface area contributed by atoms with Crippen molar-refractivity contribution in [2.24, 2.45) is 7.05 Å². The summed E-state index contributed by atoms with van der Waals surface area (Å²) in [7, 11) is -2.87. The number of alkyl halides is 3. The molecule has 0 saturated carbocycles. The SMILES string of the molecule is Cc1nn(C)c(O)c1C(=O)c1ccc(C(F)(F)F)c(S(C)(=O)=O)c1C. The first-order valence-electron chi connectivity index (χ1n) is 6.95. The second-order valence-corrected chi connectivity index (χ2v) is 7.57. The van der Waals surface area contributed by atoms with Crippen LogP contribution in [0.3, 0.4) is 0 Å².